The Hall–Kier alpha value is -1.90. The summed E-state index contributed by atoms with van der Waals surface area (Å²) >= 11 is 0. The highest BCUT2D eigenvalue weighted by Crippen LogP contribution is 2.41. The average molecular weight is 269 g/mol. The van der Waals surface area contributed by atoms with Crippen LogP contribution in [-0.2, 0) is 16.0 Å². The molecule has 1 atom stereocenters. The van der Waals surface area contributed by atoms with Gasteiger partial charge in [0, 0.05) is 18.5 Å². The molecule has 1 aliphatic carbocycles. The van der Waals surface area contributed by atoms with Crippen LogP contribution in [-0.4, -0.2) is 18.2 Å². The van der Waals surface area contributed by atoms with Gasteiger partial charge in [-0.25, -0.2) is 0 Å². The van der Waals surface area contributed by atoms with Crippen LogP contribution in [0.2, 0.25) is 0 Å². The summed E-state index contributed by atoms with van der Waals surface area (Å²) < 4.78 is 0. The van der Waals surface area contributed by atoms with Crippen LogP contribution < -0.4 is 5.32 Å². The van der Waals surface area contributed by atoms with Gasteiger partial charge < -0.3 is 5.32 Å². The van der Waals surface area contributed by atoms with Gasteiger partial charge in [-0.1, -0.05) is 24.3 Å². The van der Waals surface area contributed by atoms with E-state index in [0.29, 0.717) is 18.0 Å². The number of aryl methyl sites for hydroxylation is 1. The quantitative estimate of drug-likeness (QED) is 0.896. The molecule has 1 aliphatic heterocycles. The molecule has 2 aliphatic rings. The van der Waals surface area contributed by atoms with Crippen LogP contribution in [0.4, 0.5) is 0 Å². The predicted molar refractivity (Wildman–Crippen MR) is 78.1 cm³/mol. The lowest BCUT2D eigenvalue weighted by molar-refractivity contribution is -0.120. The predicted octanol–water partition coefficient (Wildman–Crippen LogP) is 2.50. The van der Waals surface area contributed by atoms with Gasteiger partial charge in [0.05, 0.1) is 0 Å². The molecule has 1 amide bonds. The minimum absolute atomic E-state index is 0.0476. The molecule has 1 aromatic rings. The molecule has 0 spiro atoms. The summed E-state index contributed by atoms with van der Waals surface area (Å²) in [6.07, 6.45) is 3.34. The first-order chi connectivity index (χ1) is 9.66. The number of hydrogen-bond acceptors (Lipinski definition) is 2. The zero-order chi connectivity index (χ0) is 14.1. The normalized spacial score (nSPS) is 21.6. The molecule has 0 saturated heterocycles. The molecule has 3 nitrogen and oxygen atoms in total. The number of hydrogen-bond donors (Lipinski definition) is 1. The maximum absolute atomic E-state index is 12.3. The molecule has 0 fully saturated rings. The second-order valence-electron chi connectivity index (χ2n) is 5.71. The Morgan fingerprint density at radius 3 is 2.90 bits per heavy atom. The lowest BCUT2D eigenvalue weighted by atomic mass is 9.75. The van der Waals surface area contributed by atoms with Crippen LogP contribution in [0, 0.1) is 5.92 Å². The number of amides is 1. The molecule has 1 heterocycles. The number of Topliss-reactive ketones (excluding diaryl/α,β-unsaturated/α-hetero) is 1. The van der Waals surface area contributed by atoms with Crippen LogP contribution in [0.25, 0.3) is 5.57 Å². The molecule has 0 aromatic heterocycles. The van der Waals surface area contributed by atoms with Crippen molar-refractivity contribution >= 4 is 17.3 Å². The molecule has 3 rings (SSSR count). The summed E-state index contributed by atoms with van der Waals surface area (Å²) in [6, 6.07) is 8.28. The van der Waals surface area contributed by atoms with Crippen molar-refractivity contribution in [2.75, 3.05) is 6.54 Å². The number of fused-ring (bicyclic) bond motifs is 3. The van der Waals surface area contributed by atoms with Crippen molar-refractivity contribution in [2.24, 2.45) is 5.92 Å². The Morgan fingerprint density at radius 1 is 1.30 bits per heavy atom. The monoisotopic (exact) mass is 269 g/mol. The summed E-state index contributed by atoms with van der Waals surface area (Å²) in [7, 11) is 0. The van der Waals surface area contributed by atoms with E-state index in [0.717, 1.165) is 24.8 Å². The van der Waals surface area contributed by atoms with E-state index in [1.807, 2.05) is 12.1 Å². The number of carbonyl (C=O) groups excluding carboxylic acids is 2. The fourth-order valence-corrected chi connectivity index (χ4v) is 3.41. The number of ketones is 1. The fraction of sp³-hybridized carbons (Fsp3) is 0.412. The highest BCUT2D eigenvalue weighted by Gasteiger charge is 2.31. The van der Waals surface area contributed by atoms with Gasteiger partial charge in [0.2, 0.25) is 5.91 Å². The number of benzene rings is 1. The highest BCUT2D eigenvalue weighted by molar-refractivity contribution is 6.06. The molecule has 0 saturated carbocycles. The molecule has 104 valence electrons. The number of allylic oxidation sites excluding steroid dienone is 1. The van der Waals surface area contributed by atoms with Crippen molar-refractivity contribution < 1.29 is 9.59 Å². The molecule has 1 aromatic carbocycles. The van der Waals surface area contributed by atoms with E-state index in [1.165, 1.54) is 11.1 Å². The average Bonchev–Trinajstić information content (AvgIpc) is 2.59. The third-order valence-corrected chi connectivity index (χ3v) is 4.28. The molecule has 20 heavy (non-hydrogen) atoms. The minimum Gasteiger partial charge on any atom is -0.352 e. The Kier molecular flexibility index (Phi) is 3.43. The Labute approximate surface area is 119 Å². The van der Waals surface area contributed by atoms with Crippen LogP contribution in [0.15, 0.2) is 29.8 Å². The van der Waals surface area contributed by atoms with Crippen molar-refractivity contribution in [3.05, 3.63) is 41.0 Å². The summed E-state index contributed by atoms with van der Waals surface area (Å²) in [6.45, 7) is 2.26. The highest BCUT2D eigenvalue weighted by atomic mass is 16.2. The van der Waals surface area contributed by atoms with Gasteiger partial charge in [0.25, 0.3) is 0 Å². The summed E-state index contributed by atoms with van der Waals surface area (Å²) in [5.74, 6) is 0.388. The van der Waals surface area contributed by atoms with E-state index in [-0.39, 0.29) is 18.1 Å². The lowest BCUT2D eigenvalue weighted by Gasteiger charge is -2.28. The van der Waals surface area contributed by atoms with Crippen LogP contribution in [0.5, 0.6) is 0 Å². The summed E-state index contributed by atoms with van der Waals surface area (Å²) in [5.41, 5.74) is 4.29. The largest absolute Gasteiger partial charge is 0.352 e. The Balaban J connectivity index is 2.19. The summed E-state index contributed by atoms with van der Waals surface area (Å²) in [5, 5.41) is 2.94. The summed E-state index contributed by atoms with van der Waals surface area (Å²) in [4.78, 5) is 23.8. The zero-order valence-corrected chi connectivity index (χ0v) is 11.7. The van der Waals surface area contributed by atoms with E-state index in [9.17, 15) is 9.59 Å². The van der Waals surface area contributed by atoms with Gasteiger partial charge in [-0.15, -0.1) is 0 Å². The van der Waals surface area contributed by atoms with Crippen LogP contribution >= 0.6 is 0 Å². The van der Waals surface area contributed by atoms with Gasteiger partial charge in [-0.3, -0.25) is 9.59 Å². The second-order valence-corrected chi connectivity index (χ2v) is 5.71. The van der Waals surface area contributed by atoms with Crippen LogP contribution in [0.3, 0.4) is 0 Å². The van der Waals surface area contributed by atoms with Crippen molar-refractivity contribution in [3.8, 4) is 0 Å². The number of nitrogens with one attached hydrogen (secondary N) is 1. The Morgan fingerprint density at radius 2 is 2.10 bits per heavy atom. The SMILES string of the molecule is CC(=O)CC1=C2c3ccccc3CCC2CCNC1=O. The molecular formula is C17H19NO2. The minimum atomic E-state index is -0.0607. The standard InChI is InChI=1S/C17H19NO2/c1-11(19)10-15-16-13(8-9-18-17(15)20)7-6-12-4-2-3-5-14(12)16/h2-5,13H,6-10H2,1H3,(H,18,20). The van der Waals surface area contributed by atoms with Gasteiger partial charge in [0.1, 0.15) is 5.78 Å². The van der Waals surface area contributed by atoms with Crippen LogP contribution in [0.1, 0.15) is 37.3 Å². The van der Waals surface area contributed by atoms with Gasteiger partial charge >= 0.3 is 0 Å². The second kappa shape index (κ2) is 5.23. The molecule has 0 bridgehead atoms. The zero-order valence-electron chi connectivity index (χ0n) is 11.7. The van der Waals surface area contributed by atoms with Gasteiger partial charge in [0.15, 0.2) is 0 Å². The maximum Gasteiger partial charge on any atom is 0.247 e. The van der Waals surface area contributed by atoms with E-state index < -0.39 is 0 Å². The van der Waals surface area contributed by atoms with E-state index in [2.05, 4.69) is 17.4 Å². The number of rotatable bonds is 2. The Bertz CT molecular complexity index is 601. The smallest absolute Gasteiger partial charge is 0.247 e. The third-order valence-electron chi connectivity index (χ3n) is 4.28. The molecular weight excluding hydrogens is 250 g/mol. The lowest BCUT2D eigenvalue weighted by Crippen LogP contribution is -2.25. The maximum atomic E-state index is 12.3. The molecule has 1 N–H and O–H groups in total. The van der Waals surface area contributed by atoms with Crippen molar-refractivity contribution in [3.63, 3.8) is 0 Å². The van der Waals surface area contributed by atoms with Gasteiger partial charge in [-0.2, -0.15) is 0 Å². The number of carbonyl (C=O) groups is 2. The first kappa shape index (κ1) is 13.1. The van der Waals surface area contributed by atoms with Gasteiger partial charge in [-0.05, 0) is 48.8 Å². The molecule has 0 radical (unpaired) electrons. The topological polar surface area (TPSA) is 46.2 Å². The van der Waals surface area contributed by atoms with E-state index >= 15 is 0 Å². The van der Waals surface area contributed by atoms with Crippen molar-refractivity contribution in [1.82, 2.24) is 5.32 Å². The molecule has 3 heteroatoms. The van der Waals surface area contributed by atoms with E-state index in [1.54, 1.807) is 6.92 Å². The first-order valence-corrected chi connectivity index (χ1v) is 7.25. The van der Waals surface area contributed by atoms with Crippen molar-refractivity contribution in [1.29, 1.82) is 0 Å². The third kappa shape index (κ3) is 2.28. The fourth-order valence-electron chi connectivity index (χ4n) is 3.41. The first-order valence-electron chi connectivity index (χ1n) is 7.25. The van der Waals surface area contributed by atoms with E-state index in [4.69, 9.17) is 0 Å². The van der Waals surface area contributed by atoms with Crippen molar-refractivity contribution in [2.45, 2.75) is 32.6 Å². The molecule has 1 unspecified atom stereocenters.